The summed E-state index contributed by atoms with van der Waals surface area (Å²) in [7, 11) is 0. The van der Waals surface area contributed by atoms with Crippen LogP contribution in [0, 0.1) is 6.92 Å². The predicted molar refractivity (Wildman–Crippen MR) is 107 cm³/mol. The van der Waals surface area contributed by atoms with Gasteiger partial charge in [0.2, 0.25) is 4.96 Å². The van der Waals surface area contributed by atoms with Gasteiger partial charge in [-0.2, -0.15) is 9.50 Å². The molecule has 26 heavy (non-hydrogen) atoms. The topological polar surface area (TPSA) is 47.3 Å². The van der Waals surface area contributed by atoms with Crippen LogP contribution in [0.15, 0.2) is 53.3 Å². The molecule has 0 radical (unpaired) electrons. The van der Waals surface area contributed by atoms with Crippen LogP contribution >= 0.6 is 11.3 Å². The van der Waals surface area contributed by atoms with Gasteiger partial charge in [0.25, 0.3) is 5.56 Å². The highest BCUT2D eigenvalue weighted by atomic mass is 32.1. The highest BCUT2D eigenvalue weighted by Crippen LogP contribution is 2.20. The zero-order valence-electron chi connectivity index (χ0n) is 14.9. The summed E-state index contributed by atoms with van der Waals surface area (Å²) in [5.41, 5.74) is 4.23. The van der Waals surface area contributed by atoms with Crippen molar-refractivity contribution >= 4 is 22.4 Å². The van der Waals surface area contributed by atoms with E-state index in [1.807, 2.05) is 49.4 Å². The normalized spacial score (nSPS) is 12.4. The minimum absolute atomic E-state index is 0.120. The van der Waals surface area contributed by atoms with Crippen molar-refractivity contribution in [3.05, 3.63) is 80.1 Å². The van der Waals surface area contributed by atoms with E-state index in [9.17, 15) is 4.79 Å². The first kappa shape index (κ1) is 16.7. The molecule has 0 spiro atoms. The van der Waals surface area contributed by atoms with E-state index in [2.05, 4.69) is 36.1 Å². The van der Waals surface area contributed by atoms with Gasteiger partial charge in [-0.1, -0.05) is 73.7 Å². The second-order valence-corrected chi connectivity index (χ2v) is 7.69. The lowest BCUT2D eigenvalue weighted by molar-refractivity contribution is 0.866. The van der Waals surface area contributed by atoms with E-state index in [1.54, 1.807) is 0 Å². The molecular weight excluding hydrogens is 342 g/mol. The van der Waals surface area contributed by atoms with E-state index in [1.165, 1.54) is 21.4 Å². The van der Waals surface area contributed by atoms with E-state index in [0.717, 1.165) is 16.7 Å². The molecule has 0 aliphatic rings. The van der Waals surface area contributed by atoms with Gasteiger partial charge in [0.05, 0.1) is 4.53 Å². The average Bonchev–Trinajstić information content (AvgIpc) is 3.16. The molecule has 2 aromatic carbocycles. The minimum Gasteiger partial charge on any atom is -0.266 e. The average molecular weight is 361 g/mol. The Bertz CT molecular complexity index is 1190. The molecule has 0 aliphatic heterocycles. The summed E-state index contributed by atoms with van der Waals surface area (Å²) in [6, 6.07) is 16.2. The van der Waals surface area contributed by atoms with Gasteiger partial charge in [0.15, 0.2) is 5.82 Å². The lowest BCUT2D eigenvalue weighted by Gasteiger charge is -2.04. The largest absolute Gasteiger partial charge is 0.291 e. The van der Waals surface area contributed by atoms with Gasteiger partial charge in [-0.25, -0.2) is 0 Å². The first-order valence-electron chi connectivity index (χ1n) is 8.60. The van der Waals surface area contributed by atoms with Gasteiger partial charge in [-0.3, -0.25) is 4.79 Å². The van der Waals surface area contributed by atoms with Gasteiger partial charge in [0, 0.05) is 5.56 Å². The number of fused-ring (bicyclic) bond motifs is 1. The van der Waals surface area contributed by atoms with Crippen LogP contribution in [-0.4, -0.2) is 14.6 Å². The quantitative estimate of drug-likeness (QED) is 0.558. The summed E-state index contributed by atoms with van der Waals surface area (Å²) < 4.78 is 2.05. The molecule has 4 nitrogen and oxygen atoms in total. The van der Waals surface area contributed by atoms with Crippen molar-refractivity contribution in [2.75, 3.05) is 0 Å². The Morgan fingerprint density at radius 1 is 1.08 bits per heavy atom. The van der Waals surface area contributed by atoms with E-state index >= 15 is 0 Å². The molecular formula is C21H19N3OS. The van der Waals surface area contributed by atoms with Crippen LogP contribution in [0.3, 0.4) is 0 Å². The molecule has 0 fully saturated rings. The van der Waals surface area contributed by atoms with Crippen LogP contribution in [0.2, 0.25) is 0 Å². The molecule has 0 atom stereocenters. The van der Waals surface area contributed by atoms with E-state index in [0.29, 0.717) is 21.2 Å². The van der Waals surface area contributed by atoms with Crippen molar-refractivity contribution in [3.8, 4) is 11.4 Å². The number of hydrogen-bond acceptors (Lipinski definition) is 4. The standard InChI is InChI=1S/C21H19N3OS/c1-13(2)16-10-8-15(9-11-16)12-18-20(25)24-21(26-18)22-19(23-24)17-7-5-4-6-14(17)3/h4-13H,1-3H3. The zero-order valence-corrected chi connectivity index (χ0v) is 15.7. The number of aromatic nitrogens is 3. The molecule has 0 amide bonds. The van der Waals surface area contributed by atoms with Crippen molar-refractivity contribution in [2.45, 2.75) is 26.7 Å². The number of thiazole rings is 1. The van der Waals surface area contributed by atoms with Crippen LogP contribution in [0.4, 0.5) is 0 Å². The fraction of sp³-hybridized carbons (Fsp3) is 0.190. The van der Waals surface area contributed by atoms with Crippen LogP contribution in [0.5, 0.6) is 0 Å². The summed E-state index contributed by atoms with van der Waals surface area (Å²) in [5, 5.41) is 4.43. The highest BCUT2D eigenvalue weighted by Gasteiger charge is 2.13. The van der Waals surface area contributed by atoms with Gasteiger partial charge < -0.3 is 0 Å². The lowest BCUT2D eigenvalue weighted by Crippen LogP contribution is -2.23. The highest BCUT2D eigenvalue weighted by molar-refractivity contribution is 7.15. The third kappa shape index (κ3) is 2.95. The zero-order chi connectivity index (χ0) is 18.3. The Morgan fingerprint density at radius 3 is 2.46 bits per heavy atom. The third-order valence-corrected chi connectivity index (χ3v) is 5.43. The molecule has 0 N–H and O–H groups in total. The molecule has 0 bridgehead atoms. The van der Waals surface area contributed by atoms with Gasteiger partial charge in [-0.15, -0.1) is 5.10 Å². The van der Waals surface area contributed by atoms with Crippen LogP contribution in [0.1, 0.15) is 36.5 Å². The van der Waals surface area contributed by atoms with Crippen molar-refractivity contribution in [1.82, 2.24) is 14.6 Å². The molecule has 0 saturated heterocycles. The van der Waals surface area contributed by atoms with Crippen molar-refractivity contribution in [2.24, 2.45) is 0 Å². The Hall–Kier alpha value is -2.79. The first-order chi connectivity index (χ1) is 12.5. The first-order valence-corrected chi connectivity index (χ1v) is 9.42. The summed E-state index contributed by atoms with van der Waals surface area (Å²) in [6.07, 6.45) is 1.90. The van der Waals surface area contributed by atoms with Gasteiger partial charge in [0.1, 0.15) is 0 Å². The Balaban J connectivity index is 1.76. The Kier molecular flexibility index (Phi) is 4.17. The van der Waals surface area contributed by atoms with Crippen LogP contribution in [-0.2, 0) is 0 Å². The molecule has 130 valence electrons. The van der Waals surface area contributed by atoms with Gasteiger partial charge in [-0.05, 0) is 35.6 Å². The monoisotopic (exact) mass is 361 g/mol. The minimum atomic E-state index is -0.120. The van der Waals surface area contributed by atoms with E-state index < -0.39 is 0 Å². The summed E-state index contributed by atoms with van der Waals surface area (Å²) in [5.74, 6) is 1.09. The number of aryl methyl sites for hydroxylation is 1. The second-order valence-electron chi connectivity index (χ2n) is 6.68. The van der Waals surface area contributed by atoms with E-state index in [-0.39, 0.29) is 5.56 Å². The predicted octanol–water partition coefficient (Wildman–Crippen LogP) is 3.80. The molecule has 0 saturated carbocycles. The maximum Gasteiger partial charge on any atom is 0.291 e. The Morgan fingerprint density at radius 2 is 1.81 bits per heavy atom. The summed E-state index contributed by atoms with van der Waals surface area (Å²) in [4.78, 5) is 17.9. The molecule has 0 unspecified atom stereocenters. The molecule has 0 aliphatic carbocycles. The second kappa shape index (κ2) is 6.50. The molecule has 2 heterocycles. The molecule has 4 rings (SSSR count). The summed E-state index contributed by atoms with van der Waals surface area (Å²) in [6.45, 7) is 6.35. The van der Waals surface area contributed by atoms with Crippen molar-refractivity contribution < 1.29 is 0 Å². The SMILES string of the molecule is Cc1ccccc1-c1nc2sc(=Cc3ccc(C(C)C)cc3)c(=O)n2n1. The van der Waals surface area contributed by atoms with Crippen molar-refractivity contribution in [3.63, 3.8) is 0 Å². The number of nitrogens with zero attached hydrogens (tertiary/aromatic N) is 3. The van der Waals surface area contributed by atoms with Crippen molar-refractivity contribution in [1.29, 1.82) is 0 Å². The maximum atomic E-state index is 12.7. The smallest absolute Gasteiger partial charge is 0.266 e. The molecule has 4 aromatic rings. The Labute approximate surface area is 155 Å². The maximum absolute atomic E-state index is 12.7. The number of hydrogen-bond donors (Lipinski definition) is 0. The molecule has 2 aromatic heterocycles. The number of benzene rings is 2. The van der Waals surface area contributed by atoms with E-state index in [4.69, 9.17) is 0 Å². The summed E-state index contributed by atoms with van der Waals surface area (Å²) >= 11 is 1.37. The number of rotatable bonds is 3. The van der Waals surface area contributed by atoms with Gasteiger partial charge >= 0.3 is 0 Å². The van der Waals surface area contributed by atoms with Crippen LogP contribution < -0.4 is 10.1 Å². The third-order valence-electron chi connectivity index (χ3n) is 4.47. The lowest BCUT2D eigenvalue weighted by atomic mass is 10.0. The molecule has 5 heteroatoms. The fourth-order valence-corrected chi connectivity index (χ4v) is 3.81. The van der Waals surface area contributed by atoms with Crippen LogP contribution in [0.25, 0.3) is 22.4 Å². The fourth-order valence-electron chi connectivity index (χ4n) is 2.90.